The highest BCUT2D eigenvalue weighted by atomic mass is 79.9. The molecule has 0 saturated heterocycles. The molecular weight excluding hydrogens is 293 g/mol. The van der Waals surface area contributed by atoms with Crippen molar-refractivity contribution in [2.24, 2.45) is 5.92 Å². The van der Waals surface area contributed by atoms with E-state index in [1.807, 2.05) is 0 Å². The van der Waals surface area contributed by atoms with Crippen LogP contribution in [0.5, 0.6) is 0 Å². The van der Waals surface area contributed by atoms with Gasteiger partial charge in [0.25, 0.3) is 0 Å². The Morgan fingerprint density at radius 2 is 2.06 bits per heavy atom. The smallest absolute Gasteiger partial charge is 0.123 e. The van der Waals surface area contributed by atoms with E-state index in [2.05, 4.69) is 42.0 Å². The van der Waals surface area contributed by atoms with Crippen molar-refractivity contribution in [3.8, 4) is 0 Å². The molecule has 0 aliphatic rings. The van der Waals surface area contributed by atoms with Crippen molar-refractivity contribution in [3.05, 3.63) is 34.1 Å². The molecule has 2 unspecified atom stereocenters. The van der Waals surface area contributed by atoms with Crippen LogP contribution in [0.4, 0.5) is 4.39 Å². The minimum atomic E-state index is -0.160. The van der Waals surface area contributed by atoms with Gasteiger partial charge in [-0.2, -0.15) is 0 Å². The van der Waals surface area contributed by atoms with Gasteiger partial charge in [0, 0.05) is 10.5 Å². The highest BCUT2D eigenvalue weighted by Crippen LogP contribution is 2.21. The van der Waals surface area contributed by atoms with Crippen LogP contribution in [0.1, 0.15) is 39.2 Å². The van der Waals surface area contributed by atoms with Crippen LogP contribution in [0, 0.1) is 11.7 Å². The van der Waals surface area contributed by atoms with Crippen LogP contribution in [0.3, 0.4) is 0 Å². The molecule has 1 aromatic carbocycles. The first kappa shape index (κ1) is 15.6. The summed E-state index contributed by atoms with van der Waals surface area (Å²) in [5, 5.41) is 3.50. The van der Waals surface area contributed by atoms with E-state index in [4.69, 9.17) is 0 Å². The molecular formula is C15H23BrFN. The maximum atomic E-state index is 13.3. The zero-order valence-electron chi connectivity index (χ0n) is 11.5. The van der Waals surface area contributed by atoms with Crippen LogP contribution < -0.4 is 5.32 Å². The van der Waals surface area contributed by atoms with Crippen LogP contribution in [0.15, 0.2) is 22.7 Å². The van der Waals surface area contributed by atoms with Crippen molar-refractivity contribution in [2.75, 3.05) is 6.54 Å². The summed E-state index contributed by atoms with van der Waals surface area (Å²) in [7, 11) is 0. The largest absolute Gasteiger partial charge is 0.314 e. The molecule has 102 valence electrons. The van der Waals surface area contributed by atoms with Crippen LogP contribution in [-0.2, 0) is 6.42 Å². The first-order chi connectivity index (χ1) is 8.56. The van der Waals surface area contributed by atoms with E-state index in [9.17, 15) is 4.39 Å². The molecule has 3 heteroatoms. The summed E-state index contributed by atoms with van der Waals surface area (Å²) in [5.41, 5.74) is 1.05. The third-order valence-corrected chi connectivity index (χ3v) is 4.12. The maximum absolute atomic E-state index is 13.3. The second kappa shape index (κ2) is 7.90. The SMILES string of the molecule is CCNC(Cc1cc(F)ccc1Br)CC(C)CC. The molecule has 1 N–H and O–H groups in total. The van der Waals surface area contributed by atoms with Crippen LogP contribution in [0.25, 0.3) is 0 Å². The third kappa shape index (κ3) is 5.07. The second-order valence-electron chi connectivity index (χ2n) is 4.94. The van der Waals surface area contributed by atoms with Gasteiger partial charge in [-0.3, -0.25) is 0 Å². The molecule has 0 aliphatic carbocycles. The lowest BCUT2D eigenvalue weighted by atomic mass is 9.94. The van der Waals surface area contributed by atoms with Gasteiger partial charge in [-0.15, -0.1) is 0 Å². The molecule has 1 rings (SSSR count). The van der Waals surface area contributed by atoms with Crippen molar-refractivity contribution in [2.45, 2.75) is 46.1 Å². The van der Waals surface area contributed by atoms with E-state index in [1.54, 1.807) is 12.1 Å². The van der Waals surface area contributed by atoms with Gasteiger partial charge in [-0.1, -0.05) is 43.1 Å². The molecule has 0 radical (unpaired) electrons. The molecule has 1 nitrogen and oxygen atoms in total. The average molecular weight is 316 g/mol. The Morgan fingerprint density at radius 3 is 2.67 bits per heavy atom. The summed E-state index contributed by atoms with van der Waals surface area (Å²) in [6.07, 6.45) is 3.19. The molecule has 0 aliphatic heterocycles. The quantitative estimate of drug-likeness (QED) is 0.778. The Labute approximate surface area is 118 Å². The minimum absolute atomic E-state index is 0.160. The Bertz CT molecular complexity index is 368. The van der Waals surface area contributed by atoms with E-state index in [-0.39, 0.29) is 5.82 Å². The summed E-state index contributed by atoms with van der Waals surface area (Å²) in [6.45, 7) is 7.55. The molecule has 0 heterocycles. The van der Waals surface area contributed by atoms with E-state index < -0.39 is 0 Å². The first-order valence-electron chi connectivity index (χ1n) is 6.74. The van der Waals surface area contributed by atoms with Gasteiger partial charge in [0.2, 0.25) is 0 Å². The maximum Gasteiger partial charge on any atom is 0.123 e. The lowest BCUT2D eigenvalue weighted by Gasteiger charge is -2.22. The van der Waals surface area contributed by atoms with Gasteiger partial charge in [-0.25, -0.2) is 4.39 Å². The van der Waals surface area contributed by atoms with E-state index in [0.717, 1.165) is 29.4 Å². The van der Waals surface area contributed by atoms with E-state index in [1.165, 1.54) is 12.5 Å². The molecule has 18 heavy (non-hydrogen) atoms. The third-order valence-electron chi connectivity index (χ3n) is 3.35. The second-order valence-corrected chi connectivity index (χ2v) is 5.80. The van der Waals surface area contributed by atoms with Crippen molar-refractivity contribution >= 4 is 15.9 Å². The van der Waals surface area contributed by atoms with Gasteiger partial charge in [0.05, 0.1) is 0 Å². The highest BCUT2D eigenvalue weighted by Gasteiger charge is 2.14. The molecule has 2 atom stereocenters. The molecule has 0 bridgehead atoms. The Morgan fingerprint density at radius 1 is 1.33 bits per heavy atom. The summed E-state index contributed by atoms with van der Waals surface area (Å²) in [6, 6.07) is 5.33. The first-order valence-corrected chi connectivity index (χ1v) is 7.53. The number of hydrogen-bond donors (Lipinski definition) is 1. The van der Waals surface area contributed by atoms with Crippen molar-refractivity contribution in [1.82, 2.24) is 5.32 Å². The predicted molar refractivity (Wildman–Crippen MR) is 79.3 cm³/mol. The normalized spacial score (nSPS) is 14.5. The lowest BCUT2D eigenvalue weighted by Crippen LogP contribution is -2.32. The topological polar surface area (TPSA) is 12.0 Å². The fourth-order valence-corrected chi connectivity index (χ4v) is 2.55. The number of likely N-dealkylation sites (N-methyl/N-ethyl adjacent to an activating group) is 1. The molecule has 0 amide bonds. The van der Waals surface area contributed by atoms with Gasteiger partial charge < -0.3 is 5.32 Å². The standard InChI is InChI=1S/C15H23BrFN/c1-4-11(3)8-14(18-5-2)10-12-9-13(17)6-7-15(12)16/h6-7,9,11,14,18H,4-5,8,10H2,1-3H3. The Balaban J connectivity index is 2.72. The summed E-state index contributed by atoms with van der Waals surface area (Å²) in [4.78, 5) is 0. The number of hydrogen-bond acceptors (Lipinski definition) is 1. The predicted octanol–water partition coefficient (Wildman–Crippen LogP) is 4.55. The van der Waals surface area contributed by atoms with Gasteiger partial charge in [-0.05, 0) is 49.1 Å². The minimum Gasteiger partial charge on any atom is -0.314 e. The molecule has 0 aromatic heterocycles. The number of nitrogens with one attached hydrogen (secondary N) is 1. The van der Waals surface area contributed by atoms with Gasteiger partial charge in [0.1, 0.15) is 5.82 Å². The van der Waals surface area contributed by atoms with Crippen molar-refractivity contribution in [1.29, 1.82) is 0 Å². The Kier molecular flexibility index (Phi) is 6.87. The van der Waals surface area contributed by atoms with Gasteiger partial charge >= 0.3 is 0 Å². The number of rotatable bonds is 7. The highest BCUT2D eigenvalue weighted by molar-refractivity contribution is 9.10. The van der Waals surface area contributed by atoms with Crippen molar-refractivity contribution in [3.63, 3.8) is 0 Å². The Hall–Kier alpha value is -0.410. The van der Waals surface area contributed by atoms with Crippen molar-refractivity contribution < 1.29 is 4.39 Å². The van der Waals surface area contributed by atoms with Crippen LogP contribution >= 0.6 is 15.9 Å². The number of benzene rings is 1. The molecule has 0 saturated carbocycles. The van der Waals surface area contributed by atoms with Gasteiger partial charge in [0.15, 0.2) is 0 Å². The van der Waals surface area contributed by atoms with E-state index >= 15 is 0 Å². The fourth-order valence-electron chi connectivity index (χ4n) is 2.15. The molecule has 0 fully saturated rings. The van der Waals surface area contributed by atoms with Crippen LogP contribution in [0.2, 0.25) is 0 Å². The monoisotopic (exact) mass is 315 g/mol. The fraction of sp³-hybridized carbons (Fsp3) is 0.600. The summed E-state index contributed by atoms with van der Waals surface area (Å²) >= 11 is 3.50. The summed E-state index contributed by atoms with van der Waals surface area (Å²) < 4.78 is 14.3. The lowest BCUT2D eigenvalue weighted by molar-refractivity contribution is 0.396. The zero-order chi connectivity index (χ0) is 13.5. The zero-order valence-corrected chi connectivity index (χ0v) is 13.1. The molecule has 0 spiro atoms. The average Bonchev–Trinajstić information content (AvgIpc) is 2.34. The van der Waals surface area contributed by atoms with Crippen LogP contribution in [-0.4, -0.2) is 12.6 Å². The number of halogens is 2. The summed E-state index contributed by atoms with van der Waals surface area (Å²) in [5.74, 6) is 0.536. The molecule has 1 aromatic rings. The van der Waals surface area contributed by atoms with E-state index in [0.29, 0.717) is 12.0 Å².